The van der Waals surface area contributed by atoms with Crippen LogP contribution < -0.4 is 5.73 Å². The number of nitrogens with zero attached hydrogens (tertiary/aromatic N) is 1. The van der Waals surface area contributed by atoms with E-state index < -0.39 is 0 Å². The number of halogens is 2. The Hall–Kier alpha value is -1.52. The van der Waals surface area contributed by atoms with Gasteiger partial charge >= 0.3 is 0 Å². The number of nitrogens with two attached hydrogens (primary N) is 1. The largest absolute Gasteiger partial charge is 0.435 e. The summed E-state index contributed by atoms with van der Waals surface area (Å²) in [4.78, 5) is 4.41. The lowest BCUT2D eigenvalue weighted by Crippen LogP contribution is -1.89. The zero-order valence-corrected chi connectivity index (χ0v) is 11.5. The fraction of sp³-hybridized carbons (Fsp3) is 0. The first-order chi connectivity index (χ1) is 8.65. The standard InChI is InChI=1S/C13H8BrClN2O/c14-9-2-1-3-11-12(9)18-13(17-11)8-5-4-7(15)6-10(8)16/h1-6H,16H2. The summed E-state index contributed by atoms with van der Waals surface area (Å²) in [6.45, 7) is 0. The molecule has 0 radical (unpaired) electrons. The molecule has 5 heteroatoms. The minimum Gasteiger partial charge on any atom is -0.435 e. The summed E-state index contributed by atoms with van der Waals surface area (Å²) in [6, 6.07) is 10.9. The van der Waals surface area contributed by atoms with E-state index in [1.807, 2.05) is 18.2 Å². The molecule has 3 nitrogen and oxygen atoms in total. The average molecular weight is 324 g/mol. The molecule has 0 aliphatic heterocycles. The van der Waals surface area contributed by atoms with Gasteiger partial charge < -0.3 is 10.2 Å². The van der Waals surface area contributed by atoms with Gasteiger partial charge in [0.25, 0.3) is 0 Å². The maximum Gasteiger partial charge on any atom is 0.229 e. The molecule has 2 aromatic carbocycles. The Labute approximate surface area is 117 Å². The summed E-state index contributed by atoms with van der Waals surface area (Å²) < 4.78 is 6.59. The molecular formula is C13H8BrClN2O. The summed E-state index contributed by atoms with van der Waals surface area (Å²) in [7, 11) is 0. The van der Waals surface area contributed by atoms with Gasteiger partial charge in [-0.25, -0.2) is 4.98 Å². The highest BCUT2D eigenvalue weighted by Crippen LogP contribution is 2.32. The van der Waals surface area contributed by atoms with Gasteiger partial charge in [0.05, 0.1) is 10.0 Å². The Morgan fingerprint density at radius 2 is 2.06 bits per heavy atom. The first kappa shape index (κ1) is 11.6. The van der Waals surface area contributed by atoms with Crippen LogP contribution in [0.25, 0.3) is 22.6 Å². The number of nitrogen functional groups attached to an aromatic ring is 1. The molecule has 0 spiro atoms. The molecule has 0 amide bonds. The predicted octanol–water partition coefficient (Wildman–Crippen LogP) is 4.49. The van der Waals surface area contributed by atoms with E-state index in [9.17, 15) is 0 Å². The quantitative estimate of drug-likeness (QED) is 0.671. The molecule has 0 atom stereocenters. The van der Waals surface area contributed by atoms with Crippen molar-refractivity contribution in [3.05, 3.63) is 45.9 Å². The fourth-order valence-electron chi connectivity index (χ4n) is 1.76. The monoisotopic (exact) mass is 322 g/mol. The number of hydrogen-bond acceptors (Lipinski definition) is 3. The number of aromatic nitrogens is 1. The van der Waals surface area contributed by atoms with Crippen molar-refractivity contribution in [1.82, 2.24) is 4.98 Å². The lowest BCUT2D eigenvalue weighted by atomic mass is 10.2. The molecule has 0 aliphatic rings. The minimum atomic E-state index is 0.492. The maximum absolute atomic E-state index is 5.92. The van der Waals surface area contributed by atoms with E-state index in [2.05, 4.69) is 20.9 Å². The van der Waals surface area contributed by atoms with Crippen LogP contribution in [-0.4, -0.2) is 4.98 Å². The van der Waals surface area contributed by atoms with Crippen molar-refractivity contribution < 1.29 is 4.42 Å². The van der Waals surface area contributed by atoms with Crippen molar-refractivity contribution in [1.29, 1.82) is 0 Å². The van der Waals surface area contributed by atoms with Gasteiger partial charge in [-0.15, -0.1) is 0 Å². The molecule has 90 valence electrons. The van der Waals surface area contributed by atoms with Crippen LogP contribution in [0.5, 0.6) is 0 Å². The Bertz CT molecular complexity index is 739. The van der Waals surface area contributed by atoms with E-state index in [-0.39, 0.29) is 0 Å². The first-order valence-corrected chi connectivity index (χ1v) is 6.43. The molecule has 0 bridgehead atoms. The first-order valence-electron chi connectivity index (χ1n) is 5.25. The normalized spacial score (nSPS) is 11.0. The Balaban J connectivity index is 2.23. The lowest BCUT2D eigenvalue weighted by molar-refractivity contribution is 0.618. The topological polar surface area (TPSA) is 52.0 Å². The van der Waals surface area contributed by atoms with Crippen molar-refractivity contribution in [3.63, 3.8) is 0 Å². The fourth-order valence-corrected chi connectivity index (χ4v) is 2.38. The van der Waals surface area contributed by atoms with Crippen LogP contribution in [0, 0.1) is 0 Å². The number of hydrogen-bond donors (Lipinski definition) is 1. The van der Waals surface area contributed by atoms with E-state index in [1.54, 1.807) is 18.2 Å². The molecule has 1 aromatic heterocycles. The smallest absolute Gasteiger partial charge is 0.229 e. The Morgan fingerprint density at radius 1 is 1.22 bits per heavy atom. The second-order valence-corrected chi connectivity index (χ2v) is 5.13. The van der Waals surface area contributed by atoms with E-state index in [4.69, 9.17) is 21.8 Å². The third-order valence-electron chi connectivity index (χ3n) is 2.61. The zero-order valence-electron chi connectivity index (χ0n) is 9.15. The molecule has 0 saturated carbocycles. The van der Waals surface area contributed by atoms with E-state index >= 15 is 0 Å². The molecule has 0 saturated heterocycles. The van der Waals surface area contributed by atoms with Gasteiger partial charge in [0.1, 0.15) is 5.52 Å². The number of rotatable bonds is 1. The van der Waals surface area contributed by atoms with E-state index in [0.717, 1.165) is 15.6 Å². The van der Waals surface area contributed by atoms with Crippen LogP contribution in [0.4, 0.5) is 5.69 Å². The van der Waals surface area contributed by atoms with E-state index in [0.29, 0.717) is 22.2 Å². The summed E-state index contributed by atoms with van der Waals surface area (Å²) in [5.74, 6) is 0.492. The SMILES string of the molecule is Nc1cc(Cl)ccc1-c1nc2cccc(Br)c2o1. The number of anilines is 1. The molecule has 18 heavy (non-hydrogen) atoms. The molecule has 3 aromatic rings. The Kier molecular flexibility index (Phi) is 2.76. The van der Waals surface area contributed by atoms with Gasteiger partial charge in [0.2, 0.25) is 5.89 Å². The Morgan fingerprint density at radius 3 is 2.78 bits per heavy atom. The zero-order chi connectivity index (χ0) is 12.7. The van der Waals surface area contributed by atoms with Crippen LogP contribution in [0.1, 0.15) is 0 Å². The highest BCUT2D eigenvalue weighted by atomic mass is 79.9. The van der Waals surface area contributed by atoms with Gasteiger partial charge in [-0.3, -0.25) is 0 Å². The third-order valence-corrected chi connectivity index (χ3v) is 3.47. The van der Waals surface area contributed by atoms with Crippen molar-refractivity contribution in [2.45, 2.75) is 0 Å². The molecule has 0 aliphatic carbocycles. The number of fused-ring (bicyclic) bond motifs is 1. The average Bonchev–Trinajstić information content (AvgIpc) is 2.74. The summed E-state index contributed by atoms with van der Waals surface area (Å²) in [5, 5.41) is 0.591. The molecule has 3 rings (SSSR count). The van der Waals surface area contributed by atoms with Crippen molar-refractivity contribution in [2.75, 3.05) is 5.73 Å². The van der Waals surface area contributed by atoms with Crippen molar-refractivity contribution >= 4 is 44.3 Å². The number of benzene rings is 2. The maximum atomic E-state index is 5.92. The summed E-state index contributed by atoms with van der Waals surface area (Å²) >= 11 is 9.30. The van der Waals surface area contributed by atoms with Crippen LogP contribution in [-0.2, 0) is 0 Å². The molecular weight excluding hydrogens is 316 g/mol. The molecule has 2 N–H and O–H groups in total. The second kappa shape index (κ2) is 4.30. The molecule has 0 fully saturated rings. The van der Waals surface area contributed by atoms with Crippen LogP contribution in [0.15, 0.2) is 45.3 Å². The van der Waals surface area contributed by atoms with Crippen molar-refractivity contribution in [2.24, 2.45) is 0 Å². The highest BCUT2D eigenvalue weighted by molar-refractivity contribution is 9.10. The van der Waals surface area contributed by atoms with Gasteiger partial charge in [-0.05, 0) is 46.3 Å². The lowest BCUT2D eigenvalue weighted by Gasteiger charge is -2.00. The van der Waals surface area contributed by atoms with Gasteiger partial charge in [-0.2, -0.15) is 0 Å². The minimum absolute atomic E-state index is 0.492. The van der Waals surface area contributed by atoms with Gasteiger partial charge in [0.15, 0.2) is 5.58 Å². The van der Waals surface area contributed by atoms with Gasteiger partial charge in [0, 0.05) is 10.7 Å². The predicted molar refractivity (Wildman–Crippen MR) is 76.6 cm³/mol. The second-order valence-electron chi connectivity index (χ2n) is 3.84. The molecule has 0 unspecified atom stereocenters. The third kappa shape index (κ3) is 1.87. The van der Waals surface area contributed by atoms with E-state index in [1.165, 1.54) is 0 Å². The summed E-state index contributed by atoms with van der Waals surface area (Å²) in [6.07, 6.45) is 0. The highest BCUT2D eigenvalue weighted by Gasteiger charge is 2.12. The van der Waals surface area contributed by atoms with Crippen LogP contribution in [0.2, 0.25) is 5.02 Å². The van der Waals surface area contributed by atoms with Crippen LogP contribution in [0.3, 0.4) is 0 Å². The number of oxazole rings is 1. The summed E-state index contributed by atoms with van der Waals surface area (Å²) in [5.41, 5.74) is 8.70. The number of para-hydroxylation sites is 1. The molecule has 1 heterocycles. The van der Waals surface area contributed by atoms with Crippen LogP contribution >= 0.6 is 27.5 Å². The van der Waals surface area contributed by atoms with Crippen molar-refractivity contribution in [3.8, 4) is 11.5 Å². The van der Waals surface area contributed by atoms with Gasteiger partial charge in [-0.1, -0.05) is 17.7 Å².